The summed E-state index contributed by atoms with van der Waals surface area (Å²) in [6.07, 6.45) is 2.32. The molecule has 0 unspecified atom stereocenters. The van der Waals surface area contributed by atoms with Crippen LogP contribution >= 0.6 is 0 Å². The summed E-state index contributed by atoms with van der Waals surface area (Å²) < 4.78 is 7.24. The van der Waals surface area contributed by atoms with Crippen LogP contribution in [0.2, 0.25) is 0 Å². The summed E-state index contributed by atoms with van der Waals surface area (Å²) in [5.41, 5.74) is 1.04. The normalized spacial score (nSPS) is 20.3. The Morgan fingerprint density at radius 3 is 2.84 bits per heavy atom. The Kier molecular flexibility index (Phi) is 3.10. The summed E-state index contributed by atoms with van der Waals surface area (Å²) >= 11 is 0. The van der Waals surface area contributed by atoms with E-state index in [1.54, 1.807) is 0 Å². The van der Waals surface area contributed by atoms with Gasteiger partial charge >= 0.3 is 0 Å². The van der Waals surface area contributed by atoms with E-state index in [1.165, 1.54) is 6.42 Å². The highest BCUT2D eigenvalue weighted by Crippen LogP contribution is 2.32. The van der Waals surface area contributed by atoms with Crippen molar-refractivity contribution in [3.8, 4) is 0 Å². The Morgan fingerprint density at radius 2 is 2.21 bits per heavy atom. The summed E-state index contributed by atoms with van der Waals surface area (Å²) in [7, 11) is 2.01. The Labute approximate surface area is 112 Å². The molecule has 0 aromatic carbocycles. The highest BCUT2D eigenvalue weighted by molar-refractivity contribution is 5.11. The Morgan fingerprint density at radius 1 is 1.37 bits per heavy atom. The van der Waals surface area contributed by atoms with Crippen LogP contribution in [-0.4, -0.2) is 31.4 Å². The molecular weight excluding hydrogens is 242 g/mol. The molecule has 1 saturated heterocycles. The smallest absolute Gasteiger partial charge is 0.146 e. The van der Waals surface area contributed by atoms with Crippen LogP contribution in [0, 0.1) is 13.8 Å². The van der Waals surface area contributed by atoms with E-state index < -0.39 is 0 Å². The van der Waals surface area contributed by atoms with Crippen molar-refractivity contribution in [2.24, 2.45) is 7.05 Å². The number of aromatic nitrogens is 4. The van der Waals surface area contributed by atoms with Crippen molar-refractivity contribution in [2.75, 3.05) is 6.54 Å². The first kappa shape index (κ1) is 12.3. The molecule has 0 N–H and O–H groups in total. The number of hydrogen-bond acceptors (Lipinski definition) is 5. The van der Waals surface area contributed by atoms with Gasteiger partial charge in [-0.25, -0.2) is 0 Å². The number of likely N-dealkylation sites (tertiary alicyclic amines) is 1. The van der Waals surface area contributed by atoms with Crippen molar-refractivity contribution >= 4 is 0 Å². The predicted molar refractivity (Wildman–Crippen MR) is 69.4 cm³/mol. The van der Waals surface area contributed by atoms with Gasteiger partial charge in [0.05, 0.1) is 12.6 Å². The van der Waals surface area contributed by atoms with E-state index in [0.29, 0.717) is 6.04 Å². The molecule has 3 heterocycles. The van der Waals surface area contributed by atoms with Crippen molar-refractivity contribution < 1.29 is 4.52 Å². The molecule has 6 heteroatoms. The van der Waals surface area contributed by atoms with Gasteiger partial charge in [0.1, 0.15) is 23.1 Å². The molecule has 0 amide bonds. The fraction of sp³-hybridized carbons (Fsp3) is 0.615. The van der Waals surface area contributed by atoms with Crippen molar-refractivity contribution in [1.82, 2.24) is 24.8 Å². The largest absolute Gasteiger partial charge is 0.361 e. The van der Waals surface area contributed by atoms with Gasteiger partial charge in [-0.2, -0.15) is 0 Å². The zero-order valence-corrected chi connectivity index (χ0v) is 11.6. The van der Waals surface area contributed by atoms with Crippen LogP contribution in [0.15, 0.2) is 10.6 Å². The lowest BCUT2D eigenvalue weighted by atomic mass is 10.1. The molecule has 1 fully saturated rings. The van der Waals surface area contributed by atoms with Gasteiger partial charge in [-0.3, -0.25) is 4.90 Å². The second-order valence-corrected chi connectivity index (χ2v) is 5.21. The van der Waals surface area contributed by atoms with Crippen molar-refractivity contribution in [3.63, 3.8) is 0 Å². The van der Waals surface area contributed by atoms with E-state index >= 15 is 0 Å². The Balaban J connectivity index is 1.78. The third-order valence-electron chi connectivity index (χ3n) is 3.88. The third-order valence-corrected chi connectivity index (χ3v) is 3.88. The molecule has 0 aliphatic carbocycles. The topological polar surface area (TPSA) is 60.0 Å². The lowest BCUT2D eigenvalue weighted by Gasteiger charge is -2.21. The van der Waals surface area contributed by atoms with Gasteiger partial charge in [0.15, 0.2) is 0 Å². The first-order valence-corrected chi connectivity index (χ1v) is 6.67. The standard InChI is InChI=1S/C13H19N5O/c1-9-7-11(16-19-9)12-5-4-6-18(12)8-13-15-14-10(2)17(13)3/h7,12H,4-6,8H2,1-3H3/t12-/m0/s1. The molecule has 2 aromatic heterocycles. The minimum absolute atomic E-state index is 0.342. The number of hydrogen-bond donors (Lipinski definition) is 0. The molecule has 6 nitrogen and oxygen atoms in total. The van der Waals surface area contributed by atoms with Crippen LogP contribution < -0.4 is 0 Å². The highest BCUT2D eigenvalue weighted by Gasteiger charge is 2.29. The van der Waals surface area contributed by atoms with E-state index in [1.807, 2.05) is 31.5 Å². The maximum Gasteiger partial charge on any atom is 0.146 e. The molecule has 1 aliphatic rings. The summed E-state index contributed by atoms with van der Waals surface area (Å²) in [5, 5.41) is 12.5. The van der Waals surface area contributed by atoms with Gasteiger partial charge in [0.25, 0.3) is 0 Å². The molecule has 3 rings (SSSR count). The van der Waals surface area contributed by atoms with Crippen LogP contribution in [0.25, 0.3) is 0 Å². The lowest BCUT2D eigenvalue weighted by Crippen LogP contribution is -2.24. The van der Waals surface area contributed by atoms with Crippen LogP contribution in [0.5, 0.6) is 0 Å². The van der Waals surface area contributed by atoms with Crippen LogP contribution in [0.4, 0.5) is 0 Å². The van der Waals surface area contributed by atoms with E-state index in [0.717, 1.165) is 42.6 Å². The van der Waals surface area contributed by atoms with Crippen LogP contribution in [-0.2, 0) is 13.6 Å². The average Bonchev–Trinajstić information content (AvgIpc) is 3.07. The molecule has 1 atom stereocenters. The molecule has 2 aromatic rings. The average molecular weight is 261 g/mol. The van der Waals surface area contributed by atoms with Crippen molar-refractivity contribution in [3.05, 3.63) is 29.2 Å². The van der Waals surface area contributed by atoms with Gasteiger partial charge in [0.2, 0.25) is 0 Å². The SMILES string of the molecule is Cc1cc([C@@H]2CCCN2Cc2nnc(C)n2C)no1. The van der Waals surface area contributed by atoms with E-state index in [2.05, 4.69) is 20.3 Å². The first-order chi connectivity index (χ1) is 9.15. The summed E-state index contributed by atoms with van der Waals surface area (Å²) in [5.74, 6) is 2.82. The molecule has 0 bridgehead atoms. The van der Waals surface area contributed by atoms with Crippen LogP contribution in [0.1, 0.15) is 42.0 Å². The van der Waals surface area contributed by atoms with E-state index in [-0.39, 0.29) is 0 Å². The van der Waals surface area contributed by atoms with E-state index in [9.17, 15) is 0 Å². The highest BCUT2D eigenvalue weighted by atomic mass is 16.5. The summed E-state index contributed by atoms with van der Waals surface area (Å²) in [6.45, 7) is 5.79. The summed E-state index contributed by atoms with van der Waals surface area (Å²) in [6, 6.07) is 2.37. The Bertz CT molecular complexity index is 573. The molecule has 0 radical (unpaired) electrons. The predicted octanol–water partition coefficient (Wildman–Crippen LogP) is 1.76. The Hall–Kier alpha value is -1.69. The van der Waals surface area contributed by atoms with Gasteiger partial charge < -0.3 is 9.09 Å². The van der Waals surface area contributed by atoms with Gasteiger partial charge in [-0.15, -0.1) is 10.2 Å². The third kappa shape index (κ3) is 2.28. The number of aryl methyl sites for hydroxylation is 2. The van der Waals surface area contributed by atoms with Gasteiger partial charge in [0, 0.05) is 13.1 Å². The quantitative estimate of drug-likeness (QED) is 0.842. The first-order valence-electron chi connectivity index (χ1n) is 6.67. The maximum atomic E-state index is 5.19. The fourth-order valence-corrected chi connectivity index (χ4v) is 2.66. The lowest BCUT2D eigenvalue weighted by molar-refractivity contribution is 0.228. The number of rotatable bonds is 3. The maximum absolute atomic E-state index is 5.19. The molecule has 0 spiro atoms. The molecule has 102 valence electrons. The molecular formula is C13H19N5O. The summed E-state index contributed by atoms with van der Waals surface area (Å²) in [4.78, 5) is 2.40. The van der Waals surface area contributed by atoms with Crippen molar-refractivity contribution in [1.29, 1.82) is 0 Å². The fourth-order valence-electron chi connectivity index (χ4n) is 2.66. The van der Waals surface area contributed by atoms with Gasteiger partial charge in [-0.05, 0) is 33.2 Å². The van der Waals surface area contributed by atoms with E-state index in [4.69, 9.17) is 4.52 Å². The zero-order valence-electron chi connectivity index (χ0n) is 11.6. The molecule has 19 heavy (non-hydrogen) atoms. The zero-order chi connectivity index (χ0) is 13.4. The monoisotopic (exact) mass is 261 g/mol. The minimum atomic E-state index is 0.342. The van der Waals surface area contributed by atoms with Crippen LogP contribution in [0.3, 0.4) is 0 Å². The van der Waals surface area contributed by atoms with Crippen molar-refractivity contribution in [2.45, 2.75) is 39.3 Å². The minimum Gasteiger partial charge on any atom is -0.361 e. The molecule has 1 aliphatic heterocycles. The molecule has 0 saturated carbocycles. The second kappa shape index (κ2) is 4.77. The van der Waals surface area contributed by atoms with Gasteiger partial charge in [-0.1, -0.05) is 5.16 Å². The number of nitrogens with zero attached hydrogens (tertiary/aromatic N) is 5. The second-order valence-electron chi connectivity index (χ2n) is 5.21.